The predicted octanol–water partition coefficient (Wildman–Crippen LogP) is 3.49. The summed E-state index contributed by atoms with van der Waals surface area (Å²) in [5, 5.41) is 2.93. The summed E-state index contributed by atoms with van der Waals surface area (Å²) >= 11 is 0. The topological polar surface area (TPSA) is 49.4 Å². The van der Waals surface area contributed by atoms with E-state index in [9.17, 15) is 9.59 Å². The third kappa shape index (κ3) is 6.42. The Morgan fingerprint density at radius 3 is 2.48 bits per heavy atom. The van der Waals surface area contributed by atoms with E-state index in [0.29, 0.717) is 19.5 Å². The summed E-state index contributed by atoms with van der Waals surface area (Å²) in [4.78, 5) is 25.6. The Bertz CT molecular complexity index is 698. The van der Waals surface area contributed by atoms with Gasteiger partial charge < -0.3 is 10.2 Å². The van der Waals surface area contributed by atoms with E-state index in [2.05, 4.69) is 17.4 Å². The summed E-state index contributed by atoms with van der Waals surface area (Å²) < 4.78 is 0. The number of hydrogen-bond acceptors (Lipinski definition) is 2. The van der Waals surface area contributed by atoms with Crippen molar-refractivity contribution in [3.63, 3.8) is 0 Å². The molecule has 0 aromatic heterocycles. The molecule has 0 aliphatic rings. The van der Waals surface area contributed by atoms with Crippen molar-refractivity contribution in [3.8, 4) is 0 Å². The molecule has 0 spiro atoms. The van der Waals surface area contributed by atoms with Crippen LogP contribution in [0.15, 0.2) is 54.6 Å². The summed E-state index contributed by atoms with van der Waals surface area (Å²) in [6.07, 6.45) is 2.16. The van der Waals surface area contributed by atoms with Gasteiger partial charge in [-0.3, -0.25) is 9.59 Å². The molecule has 0 fully saturated rings. The maximum absolute atomic E-state index is 12.0. The van der Waals surface area contributed by atoms with Crippen molar-refractivity contribution in [2.45, 2.75) is 33.1 Å². The van der Waals surface area contributed by atoms with Gasteiger partial charge in [-0.15, -0.1) is 0 Å². The Kier molecular flexibility index (Phi) is 7.20. The molecule has 4 nitrogen and oxygen atoms in total. The molecule has 0 aliphatic heterocycles. The molecule has 0 saturated carbocycles. The van der Waals surface area contributed by atoms with E-state index in [1.165, 1.54) is 12.5 Å². The average Bonchev–Trinajstić information content (AvgIpc) is 2.59. The van der Waals surface area contributed by atoms with E-state index in [1.54, 1.807) is 4.90 Å². The van der Waals surface area contributed by atoms with Crippen LogP contribution in [0.3, 0.4) is 0 Å². The zero-order valence-electron chi connectivity index (χ0n) is 15.0. The average molecular weight is 338 g/mol. The quantitative estimate of drug-likeness (QED) is 0.749. The minimum atomic E-state index is -0.0533. The summed E-state index contributed by atoms with van der Waals surface area (Å²) in [6.45, 7) is 4.56. The van der Waals surface area contributed by atoms with Crippen molar-refractivity contribution >= 4 is 17.5 Å². The highest BCUT2D eigenvalue weighted by Gasteiger charge is 2.13. The zero-order valence-corrected chi connectivity index (χ0v) is 15.0. The SMILES string of the molecule is CC(=O)N(CCC(=O)NCCCc1ccccc1)c1cccc(C)c1. The van der Waals surface area contributed by atoms with Crippen molar-refractivity contribution in [2.75, 3.05) is 18.0 Å². The van der Waals surface area contributed by atoms with Gasteiger partial charge in [0.15, 0.2) is 0 Å². The van der Waals surface area contributed by atoms with Crippen LogP contribution in [-0.4, -0.2) is 24.9 Å². The number of rotatable bonds is 8. The highest BCUT2D eigenvalue weighted by Crippen LogP contribution is 2.16. The number of carbonyl (C=O) groups excluding carboxylic acids is 2. The smallest absolute Gasteiger partial charge is 0.223 e. The lowest BCUT2D eigenvalue weighted by atomic mass is 10.1. The molecule has 2 rings (SSSR count). The molecule has 2 aromatic rings. The van der Waals surface area contributed by atoms with Crippen LogP contribution in [-0.2, 0) is 16.0 Å². The molecule has 4 heteroatoms. The Labute approximate surface area is 149 Å². The van der Waals surface area contributed by atoms with E-state index in [0.717, 1.165) is 24.1 Å². The Morgan fingerprint density at radius 2 is 1.80 bits per heavy atom. The van der Waals surface area contributed by atoms with Crippen molar-refractivity contribution < 1.29 is 9.59 Å². The number of hydrogen-bond donors (Lipinski definition) is 1. The second-order valence-electron chi connectivity index (χ2n) is 6.20. The zero-order chi connectivity index (χ0) is 18.1. The predicted molar refractivity (Wildman–Crippen MR) is 102 cm³/mol. The van der Waals surface area contributed by atoms with Crippen LogP contribution in [0, 0.1) is 6.92 Å². The minimum absolute atomic E-state index is 0.0213. The summed E-state index contributed by atoms with van der Waals surface area (Å²) in [7, 11) is 0. The largest absolute Gasteiger partial charge is 0.356 e. The second kappa shape index (κ2) is 9.62. The first-order chi connectivity index (χ1) is 12.1. The van der Waals surface area contributed by atoms with Crippen LogP contribution in [0.4, 0.5) is 5.69 Å². The molecule has 0 saturated heterocycles. The Balaban J connectivity index is 1.74. The lowest BCUT2D eigenvalue weighted by Gasteiger charge is -2.21. The van der Waals surface area contributed by atoms with E-state index >= 15 is 0 Å². The van der Waals surface area contributed by atoms with Crippen molar-refractivity contribution in [2.24, 2.45) is 0 Å². The van der Waals surface area contributed by atoms with Gasteiger partial charge in [0, 0.05) is 32.1 Å². The number of carbonyl (C=O) groups is 2. The monoisotopic (exact) mass is 338 g/mol. The first-order valence-corrected chi connectivity index (χ1v) is 8.71. The lowest BCUT2D eigenvalue weighted by molar-refractivity contribution is -0.121. The van der Waals surface area contributed by atoms with E-state index in [-0.39, 0.29) is 11.8 Å². The maximum Gasteiger partial charge on any atom is 0.223 e. The van der Waals surface area contributed by atoms with Crippen LogP contribution in [0.2, 0.25) is 0 Å². The summed E-state index contributed by atoms with van der Waals surface area (Å²) in [5.74, 6) is -0.0746. The Hall–Kier alpha value is -2.62. The number of amides is 2. The minimum Gasteiger partial charge on any atom is -0.356 e. The van der Waals surface area contributed by atoms with E-state index in [1.807, 2.05) is 49.4 Å². The molecular formula is C21H26N2O2. The van der Waals surface area contributed by atoms with Gasteiger partial charge in [-0.05, 0) is 43.0 Å². The molecule has 0 aliphatic carbocycles. The normalized spacial score (nSPS) is 10.3. The van der Waals surface area contributed by atoms with Gasteiger partial charge in [-0.25, -0.2) is 0 Å². The number of aryl methyl sites for hydroxylation is 2. The van der Waals surface area contributed by atoms with Crippen LogP contribution in [0.1, 0.15) is 30.9 Å². The van der Waals surface area contributed by atoms with Crippen LogP contribution < -0.4 is 10.2 Å². The fraction of sp³-hybridized carbons (Fsp3) is 0.333. The fourth-order valence-electron chi connectivity index (χ4n) is 2.73. The fourth-order valence-corrected chi connectivity index (χ4v) is 2.73. The first kappa shape index (κ1) is 18.7. The standard InChI is InChI=1S/C21H26N2O2/c1-17-8-6-12-20(16-17)23(18(2)24)15-13-21(25)22-14-7-11-19-9-4-3-5-10-19/h3-6,8-10,12,16H,7,11,13-15H2,1-2H3,(H,22,25). The highest BCUT2D eigenvalue weighted by atomic mass is 16.2. The first-order valence-electron chi connectivity index (χ1n) is 8.71. The van der Waals surface area contributed by atoms with Gasteiger partial charge in [0.1, 0.15) is 0 Å². The molecule has 1 N–H and O–H groups in total. The third-order valence-corrected chi connectivity index (χ3v) is 4.06. The van der Waals surface area contributed by atoms with Gasteiger partial charge in [-0.2, -0.15) is 0 Å². The van der Waals surface area contributed by atoms with Crippen molar-refractivity contribution in [3.05, 3.63) is 65.7 Å². The van der Waals surface area contributed by atoms with Crippen LogP contribution >= 0.6 is 0 Å². The molecule has 0 unspecified atom stereocenters. The molecule has 2 aromatic carbocycles. The van der Waals surface area contributed by atoms with Gasteiger partial charge in [0.05, 0.1) is 0 Å². The van der Waals surface area contributed by atoms with Crippen molar-refractivity contribution in [1.82, 2.24) is 5.32 Å². The second-order valence-corrected chi connectivity index (χ2v) is 6.20. The number of nitrogens with zero attached hydrogens (tertiary/aromatic N) is 1. The highest BCUT2D eigenvalue weighted by molar-refractivity contribution is 5.92. The number of benzene rings is 2. The van der Waals surface area contributed by atoms with Crippen LogP contribution in [0.5, 0.6) is 0 Å². The molecule has 25 heavy (non-hydrogen) atoms. The van der Waals surface area contributed by atoms with Gasteiger partial charge in [-0.1, -0.05) is 42.5 Å². The third-order valence-electron chi connectivity index (χ3n) is 4.06. The molecule has 2 amide bonds. The van der Waals surface area contributed by atoms with Gasteiger partial charge >= 0.3 is 0 Å². The maximum atomic E-state index is 12.0. The summed E-state index contributed by atoms with van der Waals surface area (Å²) in [6, 6.07) is 18.0. The number of nitrogens with one attached hydrogen (secondary N) is 1. The molecule has 0 radical (unpaired) electrons. The van der Waals surface area contributed by atoms with E-state index in [4.69, 9.17) is 0 Å². The molecule has 0 heterocycles. The van der Waals surface area contributed by atoms with Crippen LogP contribution in [0.25, 0.3) is 0 Å². The van der Waals surface area contributed by atoms with Gasteiger partial charge in [0.25, 0.3) is 0 Å². The molecule has 132 valence electrons. The summed E-state index contributed by atoms with van der Waals surface area (Å²) in [5.41, 5.74) is 3.21. The number of anilines is 1. The molecular weight excluding hydrogens is 312 g/mol. The van der Waals surface area contributed by atoms with Crippen molar-refractivity contribution in [1.29, 1.82) is 0 Å². The molecule has 0 atom stereocenters. The van der Waals surface area contributed by atoms with E-state index < -0.39 is 0 Å². The van der Waals surface area contributed by atoms with Gasteiger partial charge in [0.2, 0.25) is 11.8 Å². The Morgan fingerprint density at radius 1 is 1.04 bits per heavy atom. The molecule has 0 bridgehead atoms. The lowest BCUT2D eigenvalue weighted by Crippen LogP contribution is -2.34.